The summed E-state index contributed by atoms with van der Waals surface area (Å²) in [4.78, 5) is 15.0. The van der Waals surface area contributed by atoms with E-state index in [-0.39, 0.29) is 30.5 Å². The van der Waals surface area contributed by atoms with Crippen LogP contribution in [0.3, 0.4) is 0 Å². The molecule has 1 aromatic carbocycles. The number of nitrogens with one attached hydrogen (secondary N) is 2. The van der Waals surface area contributed by atoms with Crippen LogP contribution in [0.4, 0.5) is 18.9 Å². The first kappa shape index (κ1) is 18.1. The molecule has 0 bridgehead atoms. The van der Waals surface area contributed by atoms with Gasteiger partial charge in [0, 0.05) is 13.5 Å². The van der Waals surface area contributed by atoms with E-state index in [0.29, 0.717) is 18.9 Å². The van der Waals surface area contributed by atoms with Crippen LogP contribution in [0.5, 0.6) is 5.75 Å². The Bertz CT molecular complexity index is 576. The number of amides is 1. The van der Waals surface area contributed by atoms with E-state index >= 15 is 0 Å². The fourth-order valence-electron chi connectivity index (χ4n) is 1.84. The van der Waals surface area contributed by atoms with E-state index in [4.69, 9.17) is 4.74 Å². The van der Waals surface area contributed by atoms with E-state index in [9.17, 15) is 18.0 Å². The minimum absolute atomic E-state index is 0. The Morgan fingerprint density at radius 2 is 2.18 bits per heavy atom. The first-order valence-corrected chi connectivity index (χ1v) is 6.25. The normalized spacial score (nSPS) is 13.7. The Kier molecular flexibility index (Phi) is 6.04. The van der Waals surface area contributed by atoms with Crippen LogP contribution >= 0.6 is 12.4 Å². The lowest BCUT2D eigenvalue weighted by Gasteiger charge is -2.15. The molecule has 1 heterocycles. The van der Waals surface area contributed by atoms with Crippen LogP contribution in [0.25, 0.3) is 0 Å². The molecule has 5 nitrogen and oxygen atoms in total. The van der Waals surface area contributed by atoms with Gasteiger partial charge in [-0.3, -0.25) is 9.79 Å². The molecule has 0 atom stereocenters. The molecular formula is C13H15ClF3N3O2. The number of hydrogen-bond donors (Lipinski definition) is 2. The molecule has 0 saturated heterocycles. The van der Waals surface area contributed by atoms with Crippen molar-refractivity contribution in [2.75, 3.05) is 25.0 Å². The summed E-state index contributed by atoms with van der Waals surface area (Å²) in [5.41, 5.74) is -1.24. The second-order valence-corrected chi connectivity index (χ2v) is 4.43. The number of nitrogens with zero attached hydrogens (tertiary/aromatic N) is 1. The largest absolute Gasteiger partial charge is 0.486 e. The van der Waals surface area contributed by atoms with Gasteiger partial charge in [0.2, 0.25) is 5.91 Å². The summed E-state index contributed by atoms with van der Waals surface area (Å²) in [6, 6.07) is 3.40. The Labute approximate surface area is 131 Å². The third-order valence-corrected chi connectivity index (χ3v) is 2.73. The van der Waals surface area contributed by atoms with Crippen LogP contribution in [0, 0.1) is 0 Å². The van der Waals surface area contributed by atoms with Gasteiger partial charge in [-0.1, -0.05) is 0 Å². The highest BCUT2D eigenvalue weighted by Gasteiger charge is 2.34. The van der Waals surface area contributed by atoms with Crippen molar-refractivity contribution in [3.63, 3.8) is 0 Å². The van der Waals surface area contributed by atoms with Crippen molar-refractivity contribution in [1.29, 1.82) is 0 Å². The number of carbonyl (C=O) groups excluding carboxylic acids is 1. The average molecular weight is 338 g/mol. The van der Waals surface area contributed by atoms with Crippen molar-refractivity contribution in [1.82, 2.24) is 5.32 Å². The van der Waals surface area contributed by atoms with Crippen LogP contribution < -0.4 is 15.4 Å². The van der Waals surface area contributed by atoms with Gasteiger partial charge in [-0.05, 0) is 18.2 Å². The van der Waals surface area contributed by atoms with E-state index < -0.39 is 17.6 Å². The van der Waals surface area contributed by atoms with Crippen LogP contribution in [-0.2, 0) is 11.0 Å². The van der Waals surface area contributed by atoms with E-state index in [0.717, 1.165) is 13.0 Å². The monoisotopic (exact) mass is 337 g/mol. The van der Waals surface area contributed by atoms with Crippen LogP contribution in [0.15, 0.2) is 23.2 Å². The van der Waals surface area contributed by atoms with Gasteiger partial charge in [0.25, 0.3) is 0 Å². The smallest absolute Gasteiger partial charge is 0.418 e. The maximum absolute atomic E-state index is 13.0. The summed E-state index contributed by atoms with van der Waals surface area (Å²) in [7, 11) is 0. The molecule has 2 rings (SSSR count). The number of alkyl halides is 3. The second-order valence-electron chi connectivity index (χ2n) is 4.43. The van der Waals surface area contributed by atoms with Gasteiger partial charge >= 0.3 is 6.18 Å². The van der Waals surface area contributed by atoms with Crippen molar-refractivity contribution in [2.24, 2.45) is 4.99 Å². The summed E-state index contributed by atoms with van der Waals surface area (Å²) in [5, 5.41) is 5.11. The number of carbonyl (C=O) groups is 1. The van der Waals surface area contributed by atoms with Crippen molar-refractivity contribution in [3.05, 3.63) is 23.8 Å². The number of amidine groups is 1. The fraction of sp³-hybridized carbons (Fsp3) is 0.385. The molecule has 1 amide bonds. The molecular weight excluding hydrogens is 323 g/mol. The molecule has 1 aromatic rings. The molecule has 0 fully saturated rings. The number of ether oxygens (including phenoxy) is 1. The van der Waals surface area contributed by atoms with Gasteiger partial charge in [0.15, 0.2) is 0 Å². The van der Waals surface area contributed by atoms with Crippen LogP contribution in [-0.4, -0.2) is 31.4 Å². The van der Waals surface area contributed by atoms with Crippen molar-refractivity contribution < 1.29 is 22.7 Å². The standard InChI is InChI=1S/C13H14F3N3O2.ClH/c1-8(20)19-11-3-2-9(6-10(11)13(14,15)16)21-7-12-17-4-5-18-12;/h2-3,6H,4-5,7H2,1H3,(H,17,18)(H,19,20);1H. The Balaban J connectivity index is 0.00000242. The highest BCUT2D eigenvalue weighted by Crippen LogP contribution is 2.37. The molecule has 0 saturated carbocycles. The average Bonchev–Trinajstić information content (AvgIpc) is 2.88. The van der Waals surface area contributed by atoms with Gasteiger partial charge in [-0.25, -0.2) is 0 Å². The quantitative estimate of drug-likeness (QED) is 0.887. The summed E-state index contributed by atoms with van der Waals surface area (Å²) >= 11 is 0. The molecule has 0 aliphatic carbocycles. The second kappa shape index (κ2) is 7.35. The lowest BCUT2D eigenvalue weighted by molar-refractivity contribution is -0.137. The topological polar surface area (TPSA) is 62.7 Å². The first-order chi connectivity index (χ1) is 9.86. The van der Waals surface area contributed by atoms with E-state index in [2.05, 4.69) is 15.6 Å². The van der Waals surface area contributed by atoms with Gasteiger partial charge < -0.3 is 15.4 Å². The van der Waals surface area contributed by atoms with Crippen molar-refractivity contribution in [3.8, 4) is 5.75 Å². The van der Waals surface area contributed by atoms with Gasteiger partial charge in [0.05, 0.1) is 17.8 Å². The lowest BCUT2D eigenvalue weighted by Crippen LogP contribution is -2.25. The predicted octanol–water partition coefficient (Wildman–Crippen LogP) is 2.47. The molecule has 9 heteroatoms. The third-order valence-electron chi connectivity index (χ3n) is 2.73. The molecule has 0 unspecified atom stereocenters. The van der Waals surface area contributed by atoms with E-state index in [1.165, 1.54) is 12.1 Å². The zero-order chi connectivity index (χ0) is 15.5. The minimum Gasteiger partial charge on any atom is -0.486 e. The number of rotatable bonds is 4. The summed E-state index contributed by atoms with van der Waals surface area (Å²) in [6.45, 7) is 2.56. The molecule has 122 valence electrons. The minimum atomic E-state index is -4.58. The Hall–Kier alpha value is -1.96. The van der Waals surface area contributed by atoms with Crippen molar-refractivity contribution >= 4 is 29.8 Å². The summed E-state index contributed by atoms with van der Waals surface area (Å²) in [5.74, 6) is 0.0982. The summed E-state index contributed by atoms with van der Waals surface area (Å²) in [6.07, 6.45) is -4.58. The van der Waals surface area contributed by atoms with Gasteiger partial charge in [-0.2, -0.15) is 13.2 Å². The number of hydrogen-bond acceptors (Lipinski definition) is 4. The number of anilines is 1. The highest BCUT2D eigenvalue weighted by molar-refractivity contribution is 5.90. The number of halogens is 4. The molecule has 2 N–H and O–H groups in total. The molecule has 1 aliphatic heterocycles. The van der Waals surface area contributed by atoms with Crippen molar-refractivity contribution in [2.45, 2.75) is 13.1 Å². The zero-order valence-corrected chi connectivity index (χ0v) is 12.5. The van der Waals surface area contributed by atoms with Gasteiger partial charge in [-0.15, -0.1) is 12.4 Å². The molecule has 0 aromatic heterocycles. The lowest BCUT2D eigenvalue weighted by atomic mass is 10.1. The van der Waals surface area contributed by atoms with E-state index in [1.54, 1.807) is 0 Å². The van der Waals surface area contributed by atoms with E-state index in [1.807, 2.05) is 0 Å². The maximum Gasteiger partial charge on any atom is 0.418 e. The SMILES string of the molecule is CC(=O)Nc1ccc(OCC2=NCCN2)cc1C(F)(F)F.Cl. The third kappa shape index (κ3) is 4.80. The van der Waals surface area contributed by atoms with Crippen LogP contribution in [0.2, 0.25) is 0 Å². The molecule has 1 aliphatic rings. The first-order valence-electron chi connectivity index (χ1n) is 6.25. The van der Waals surface area contributed by atoms with Gasteiger partial charge in [0.1, 0.15) is 18.2 Å². The predicted molar refractivity (Wildman–Crippen MR) is 78.8 cm³/mol. The summed E-state index contributed by atoms with van der Waals surface area (Å²) < 4.78 is 44.2. The molecule has 0 spiro atoms. The Morgan fingerprint density at radius 1 is 1.45 bits per heavy atom. The number of aliphatic imine (C=N–C) groups is 1. The number of benzene rings is 1. The highest BCUT2D eigenvalue weighted by atomic mass is 35.5. The molecule has 22 heavy (non-hydrogen) atoms. The molecule has 0 radical (unpaired) electrons. The fourth-order valence-corrected chi connectivity index (χ4v) is 1.84. The van der Waals surface area contributed by atoms with Crippen LogP contribution in [0.1, 0.15) is 12.5 Å². The zero-order valence-electron chi connectivity index (χ0n) is 11.7. The Morgan fingerprint density at radius 3 is 2.73 bits per heavy atom. The maximum atomic E-state index is 13.0.